The molecule has 1 aliphatic heterocycles. The molecular weight excluding hydrogens is 270 g/mol. The van der Waals surface area contributed by atoms with Crippen molar-refractivity contribution in [3.05, 3.63) is 23.9 Å². The van der Waals surface area contributed by atoms with E-state index in [0.29, 0.717) is 38.7 Å². The number of hydrogen-bond acceptors (Lipinski definition) is 5. The normalized spacial score (nSPS) is 16.6. The van der Waals surface area contributed by atoms with Gasteiger partial charge in [-0.1, -0.05) is 13.0 Å². The fourth-order valence-electron chi connectivity index (χ4n) is 2.31. The number of aromatic nitrogens is 1. The molecule has 116 valence electrons. The first-order valence-corrected chi connectivity index (χ1v) is 7.34. The van der Waals surface area contributed by atoms with Gasteiger partial charge in [-0.3, -0.25) is 4.79 Å². The van der Waals surface area contributed by atoms with Crippen LogP contribution in [0.5, 0.6) is 5.88 Å². The van der Waals surface area contributed by atoms with E-state index in [4.69, 9.17) is 9.47 Å². The highest BCUT2D eigenvalue weighted by Crippen LogP contribution is 2.08. The number of methoxy groups -OCH3 is 1. The first-order chi connectivity index (χ1) is 10.2. The number of hydrogen-bond donors (Lipinski definition) is 1. The fraction of sp³-hybridized carbons (Fsp3) is 0.600. The van der Waals surface area contributed by atoms with Crippen molar-refractivity contribution < 1.29 is 14.3 Å². The highest BCUT2D eigenvalue weighted by atomic mass is 16.5. The van der Waals surface area contributed by atoms with Crippen LogP contribution in [-0.4, -0.2) is 55.2 Å². The van der Waals surface area contributed by atoms with Crippen LogP contribution in [0.1, 0.15) is 19.0 Å². The minimum absolute atomic E-state index is 0.142. The summed E-state index contributed by atoms with van der Waals surface area (Å²) in [5.41, 5.74) is 0.863. The molecule has 1 aromatic heterocycles. The Morgan fingerprint density at radius 2 is 2.24 bits per heavy atom. The number of pyridine rings is 1. The molecule has 2 rings (SSSR count). The zero-order valence-corrected chi connectivity index (χ0v) is 12.7. The number of carbonyl (C=O) groups excluding carboxylic acids is 1. The molecule has 1 aromatic rings. The Morgan fingerprint density at radius 1 is 1.48 bits per heavy atom. The summed E-state index contributed by atoms with van der Waals surface area (Å²) in [6.45, 7) is 5.16. The molecule has 0 aromatic carbocycles. The summed E-state index contributed by atoms with van der Waals surface area (Å²) in [5.74, 6) is 0.727. The van der Waals surface area contributed by atoms with Crippen LogP contribution in [0, 0.1) is 0 Å². The molecule has 0 saturated carbocycles. The van der Waals surface area contributed by atoms with E-state index in [9.17, 15) is 4.79 Å². The van der Waals surface area contributed by atoms with Crippen LogP contribution in [0.4, 0.5) is 0 Å². The van der Waals surface area contributed by atoms with Gasteiger partial charge >= 0.3 is 0 Å². The van der Waals surface area contributed by atoms with E-state index in [1.54, 1.807) is 13.2 Å². The van der Waals surface area contributed by atoms with Crippen LogP contribution in [0.25, 0.3) is 0 Å². The Bertz CT molecular complexity index is 461. The Balaban J connectivity index is 1.90. The summed E-state index contributed by atoms with van der Waals surface area (Å²) in [5, 5.41) is 3.28. The molecule has 1 saturated heterocycles. The van der Waals surface area contributed by atoms with E-state index < -0.39 is 0 Å². The quantitative estimate of drug-likeness (QED) is 0.841. The highest BCUT2D eigenvalue weighted by Gasteiger charge is 2.24. The van der Waals surface area contributed by atoms with Crippen LogP contribution in [0.3, 0.4) is 0 Å². The second kappa shape index (κ2) is 7.95. The van der Waals surface area contributed by atoms with Crippen molar-refractivity contribution in [1.82, 2.24) is 15.2 Å². The highest BCUT2D eigenvalue weighted by molar-refractivity contribution is 5.81. The summed E-state index contributed by atoms with van der Waals surface area (Å²) >= 11 is 0. The van der Waals surface area contributed by atoms with Gasteiger partial charge in [0.05, 0.1) is 32.1 Å². The first-order valence-electron chi connectivity index (χ1n) is 7.34. The number of amides is 1. The lowest BCUT2D eigenvalue weighted by molar-refractivity contribution is -0.137. The molecule has 21 heavy (non-hydrogen) atoms. The van der Waals surface area contributed by atoms with Gasteiger partial charge in [0.15, 0.2) is 0 Å². The summed E-state index contributed by atoms with van der Waals surface area (Å²) in [4.78, 5) is 18.6. The SMILES string of the molecule is CCC(NCc1cccc(OC)n1)C(=O)N1CCOCC1. The Labute approximate surface area is 125 Å². The minimum Gasteiger partial charge on any atom is -0.481 e. The lowest BCUT2D eigenvalue weighted by Crippen LogP contribution is -2.50. The summed E-state index contributed by atoms with van der Waals surface area (Å²) in [7, 11) is 1.59. The minimum atomic E-state index is -0.184. The van der Waals surface area contributed by atoms with Crippen molar-refractivity contribution in [3.8, 4) is 5.88 Å². The Morgan fingerprint density at radius 3 is 2.90 bits per heavy atom. The van der Waals surface area contributed by atoms with Gasteiger partial charge < -0.3 is 19.7 Å². The van der Waals surface area contributed by atoms with E-state index in [2.05, 4.69) is 10.3 Å². The Kier molecular flexibility index (Phi) is 5.95. The summed E-state index contributed by atoms with van der Waals surface area (Å²) in [6.07, 6.45) is 0.750. The first kappa shape index (κ1) is 15.7. The molecule has 0 aliphatic carbocycles. The number of nitrogens with one attached hydrogen (secondary N) is 1. The predicted octanol–water partition coefficient (Wildman–Crippen LogP) is 0.817. The summed E-state index contributed by atoms with van der Waals surface area (Å²) in [6, 6.07) is 5.44. The number of carbonyl (C=O) groups is 1. The van der Waals surface area contributed by atoms with Crippen LogP contribution in [0.15, 0.2) is 18.2 Å². The van der Waals surface area contributed by atoms with E-state index in [0.717, 1.165) is 12.1 Å². The zero-order valence-electron chi connectivity index (χ0n) is 12.7. The number of ether oxygens (including phenoxy) is 2. The van der Waals surface area contributed by atoms with Crippen molar-refractivity contribution in [3.63, 3.8) is 0 Å². The number of rotatable bonds is 6. The van der Waals surface area contributed by atoms with Crippen molar-refractivity contribution in [1.29, 1.82) is 0 Å². The van der Waals surface area contributed by atoms with Crippen molar-refractivity contribution in [2.75, 3.05) is 33.4 Å². The third-order valence-electron chi connectivity index (χ3n) is 3.55. The summed E-state index contributed by atoms with van der Waals surface area (Å²) < 4.78 is 10.4. The largest absolute Gasteiger partial charge is 0.481 e. The molecule has 1 N–H and O–H groups in total. The van der Waals surface area contributed by atoms with Crippen LogP contribution >= 0.6 is 0 Å². The average molecular weight is 293 g/mol. The van der Waals surface area contributed by atoms with E-state index in [1.165, 1.54) is 0 Å². The topological polar surface area (TPSA) is 63.7 Å². The lowest BCUT2D eigenvalue weighted by Gasteiger charge is -2.30. The van der Waals surface area contributed by atoms with Gasteiger partial charge in [0.25, 0.3) is 0 Å². The van der Waals surface area contributed by atoms with Crippen LogP contribution in [-0.2, 0) is 16.1 Å². The molecule has 1 atom stereocenters. The average Bonchev–Trinajstić information content (AvgIpc) is 2.56. The molecular formula is C15H23N3O3. The smallest absolute Gasteiger partial charge is 0.239 e. The maximum atomic E-state index is 12.4. The van der Waals surface area contributed by atoms with Gasteiger partial charge in [-0.15, -0.1) is 0 Å². The molecule has 1 unspecified atom stereocenters. The van der Waals surface area contributed by atoms with Gasteiger partial charge in [-0.2, -0.15) is 0 Å². The van der Waals surface area contributed by atoms with Gasteiger partial charge in [-0.25, -0.2) is 4.98 Å². The maximum Gasteiger partial charge on any atom is 0.239 e. The number of nitrogens with zero attached hydrogens (tertiary/aromatic N) is 2. The number of morpholine rings is 1. The van der Waals surface area contributed by atoms with Crippen molar-refractivity contribution in [2.45, 2.75) is 25.9 Å². The second-order valence-electron chi connectivity index (χ2n) is 4.95. The molecule has 6 nitrogen and oxygen atoms in total. The van der Waals surface area contributed by atoms with Crippen LogP contribution < -0.4 is 10.1 Å². The fourth-order valence-corrected chi connectivity index (χ4v) is 2.31. The zero-order chi connectivity index (χ0) is 15.1. The Hall–Kier alpha value is -1.66. The standard InChI is InChI=1S/C15H23N3O3/c1-3-13(15(19)18-7-9-21-10-8-18)16-11-12-5-4-6-14(17-12)20-2/h4-6,13,16H,3,7-11H2,1-2H3. The molecule has 0 spiro atoms. The lowest BCUT2D eigenvalue weighted by atomic mass is 10.1. The van der Waals surface area contributed by atoms with Gasteiger partial charge in [0, 0.05) is 25.7 Å². The van der Waals surface area contributed by atoms with E-state index in [1.807, 2.05) is 24.0 Å². The predicted molar refractivity (Wildman–Crippen MR) is 79.1 cm³/mol. The van der Waals surface area contributed by atoms with E-state index in [-0.39, 0.29) is 11.9 Å². The molecule has 1 fully saturated rings. The van der Waals surface area contributed by atoms with Crippen molar-refractivity contribution in [2.24, 2.45) is 0 Å². The van der Waals surface area contributed by atoms with Gasteiger partial charge in [0.2, 0.25) is 11.8 Å². The molecule has 1 amide bonds. The molecule has 0 bridgehead atoms. The molecule has 0 radical (unpaired) electrons. The third kappa shape index (κ3) is 4.41. The molecule has 6 heteroatoms. The van der Waals surface area contributed by atoms with Crippen molar-refractivity contribution >= 4 is 5.91 Å². The third-order valence-corrected chi connectivity index (χ3v) is 3.55. The molecule has 2 heterocycles. The maximum absolute atomic E-state index is 12.4. The second-order valence-corrected chi connectivity index (χ2v) is 4.95. The van der Waals surface area contributed by atoms with Gasteiger partial charge in [0.1, 0.15) is 0 Å². The monoisotopic (exact) mass is 293 g/mol. The van der Waals surface area contributed by atoms with E-state index >= 15 is 0 Å². The van der Waals surface area contributed by atoms with Crippen LogP contribution in [0.2, 0.25) is 0 Å². The molecule has 1 aliphatic rings. The van der Waals surface area contributed by atoms with Gasteiger partial charge in [-0.05, 0) is 12.5 Å².